The minimum atomic E-state index is -0.361. The molecule has 2 rings (SSSR count). The molecule has 6 heteroatoms. The molecular weight excluding hydrogens is 292 g/mol. The molecule has 0 spiro atoms. The minimum absolute atomic E-state index is 0.00816. The number of amides is 1. The number of H-pyrrole nitrogens is 1. The maximum absolute atomic E-state index is 12.1. The molecule has 1 aliphatic rings. The van der Waals surface area contributed by atoms with Gasteiger partial charge in [0.2, 0.25) is 5.91 Å². The predicted octanol–water partition coefficient (Wildman–Crippen LogP) is 1.01. The molecule has 1 saturated heterocycles. The van der Waals surface area contributed by atoms with Crippen LogP contribution in [0, 0.1) is 25.2 Å². The van der Waals surface area contributed by atoms with E-state index in [9.17, 15) is 9.59 Å². The van der Waals surface area contributed by atoms with Crippen molar-refractivity contribution in [3.8, 4) is 6.07 Å². The Kier molecular flexibility index (Phi) is 5.56. The van der Waals surface area contributed by atoms with Crippen molar-refractivity contribution >= 4 is 5.91 Å². The highest BCUT2D eigenvalue weighted by atomic mass is 16.1. The van der Waals surface area contributed by atoms with Crippen molar-refractivity contribution in [2.45, 2.75) is 45.6 Å². The number of aryl methyl sites for hydroxylation is 1. The average molecular weight is 316 g/mol. The van der Waals surface area contributed by atoms with E-state index in [0.717, 1.165) is 24.2 Å². The van der Waals surface area contributed by atoms with E-state index in [1.54, 1.807) is 13.8 Å². The summed E-state index contributed by atoms with van der Waals surface area (Å²) in [7, 11) is 2.08. The van der Waals surface area contributed by atoms with Gasteiger partial charge in [-0.1, -0.05) is 0 Å². The fourth-order valence-corrected chi connectivity index (χ4v) is 3.22. The van der Waals surface area contributed by atoms with Gasteiger partial charge < -0.3 is 15.2 Å². The van der Waals surface area contributed by atoms with E-state index in [4.69, 9.17) is 5.26 Å². The first-order valence-electron chi connectivity index (χ1n) is 8.03. The molecule has 1 aliphatic heterocycles. The lowest BCUT2D eigenvalue weighted by Crippen LogP contribution is -2.38. The van der Waals surface area contributed by atoms with Gasteiger partial charge in [0.1, 0.15) is 11.6 Å². The van der Waals surface area contributed by atoms with Gasteiger partial charge in [-0.15, -0.1) is 0 Å². The molecule has 0 unspecified atom stereocenters. The topological polar surface area (TPSA) is 89.0 Å². The second-order valence-corrected chi connectivity index (χ2v) is 6.25. The first-order chi connectivity index (χ1) is 10.9. The molecule has 1 atom stereocenters. The lowest BCUT2D eigenvalue weighted by atomic mass is 9.99. The highest BCUT2D eigenvalue weighted by molar-refractivity contribution is 5.76. The molecule has 2 N–H and O–H groups in total. The summed E-state index contributed by atoms with van der Waals surface area (Å²) in [5.74, 6) is 0.00816. The second kappa shape index (κ2) is 7.42. The number of aromatic amines is 1. The molecule has 0 aromatic carbocycles. The van der Waals surface area contributed by atoms with E-state index in [0.29, 0.717) is 31.0 Å². The Hall–Kier alpha value is -2.13. The number of carbonyl (C=O) groups is 1. The smallest absolute Gasteiger partial charge is 0.266 e. The molecule has 1 aromatic rings. The largest absolute Gasteiger partial charge is 0.355 e. The van der Waals surface area contributed by atoms with Gasteiger partial charge in [-0.3, -0.25) is 9.59 Å². The molecule has 1 fully saturated rings. The van der Waals surface area contributed by atoms with Gasteiger partial charge in [0.25, 0.3) is 5.56 Å². The van der Waals surface area contributed by atoms with Crippen molar-refractivity contribution in [3.63, 3.8) is 0 Å². The molecule has 2 heterocycles. The fraction of sp³-hybridized carbons (Fsp3) is 0.588. The Balaban J connectivity index is 1.94. The van der Waals surface area contributed by atoms with Crippen LogP contribution in [0.1, 0.15) is 41.6 Å². The second-order valence-electron chi connectivity index (χ2n) is 6.25. The van der Waals surface area contributed by atoms with E-state index < -0.39 is 0 Å². The quantitative estimate of drug-likeness (QED) is 0.848. The number of likely N-dealkylation sites (N-methyl/N-ethyl adjacent to an activating group) is 1. The Bertz CT molecular complexity index is 687. The summed E-state index contributed by atoms with van der Waals surface area (Å²) in [6, 6.07) is 2.37. The first-order valence-corrected chi connectivity index (χ1v) is 8.03. The highest BCUT2D eigenvalue weighted by Crippen LogP contribution is 2.16. The Morgan fingerprint density at radius 2 is 2.22 bits per heavy atom. The standard InChI is InChI=1S/C17H24N4O2/c1-11-14(12(2)20-17(23)15(11)9-18)6-7-16(22)19-10-13-5-4-8-21(13)3/h13H,4-8,10H2,1-3H3,(H,19,22)(H,20,23)/t13-/m0/s1. The summed E-state index contributed by atoms with van der Waals surface area (Å²) >= 11 is 0. The summed E-state index contributed by atoms with van der Waals surface area (Å²) in [6.45, 7) is 5.34. The number of nitrogens with zero attached hydrogens (tertiary/aromatic N) is 2. The lowest BCUT2D eigenvalue weighted by Gasteiger charge is -2.19. The van der Waals surface area contributed by atoms with Crippen molar-refractivity contribution in [1.29, 1.82) is 5.26 Å². The van der Waals surface area contributed by atoms with E-state index in [-0.39, 0.29) is 17.0 Å². The number of aromatic nitrogens is 1. The first kappa shape index (κ1) is 17.2. The van der Waals surface area contributed by atoms with Crippen molar-refractivity contribution in [2.75, 3.05) is 20.1 Å². The monoisotopic (exact) mass is 316 g/mol. The molecule has 1 aromatic heterocycles. The third kappa shape index (κ3) is 3.99. The van der Waals surface area contributed by atoms with Gasteiger partial charge >= 0.3 is 0 Å². The third-order valence-corrected chi connectivity index (χ3v) is 4.73. The van der Waals surface area contributed by atoms with Crippen molar-refractivity contribution < 1.29 is 4.79 Å². The Morgan fingerprint density at radius 3 is 2.83 bits per heavy atom. The molecule has 124 valence electrons. The number of nitrogens with one attached hydrogen (secondary N) is 2. The highest BCUT2D eigenvalue weighted by Gasteiger charge is 2.21. The number of nitriles is 1. The number of likely N-dealkylation sites (tertiary alicyclic amines) is 1. The van der Waals surface area contributed by atoms with Gasteiger partial charge in [0, 0.05) is 24.7 Å². The van der Waals surface area contributed by atoms with Crippen LogP contribution in [-0.2, 0) is 11.2 Å². The number of carbonyl (C=O) groups excluding carboxylic acids is 1. The molecule has 0 bridgehead atoms. The molecule has 23 heavy (non-hydrogen) atoms. The number of rotatable bonds is 5. The predicted molar refractivity (Wildman–Crippen MR) is 88.2 cm³/mol. The van der Waals surface area contributed by atoms with E-state index in [1.165, 1.54) is 6.42 Å². The summed E-state index contributed by atoms with van der Waals surface area (Å²) < 4.78 is 0. The summed E-state index contributed by atoms with van der Waals surface area (Å²) in [5.41, 5.74) is 2.07. The van der Waals surface area contributed by atoms with Crippen LogP contribution in [0.4, 0.5) is 0 Å². The van der Waals surface area contributed by atoms with Crippen LogP contribution >= 0.6 is 0 Å². The third-order valence-electron chi connectivity index (χ3n) is 4.73. The zero-order valence-electron chi connectivity index (χ0n) is 14.0. The van der Waals surface area contributed by atoms with Crippen LogP contribution in [0.25, 0.3) is 0 Å². The summed E-state index contributed by atoms with van der Waals surface area (Å²) in [5, 5.41) is 12.1. The molecule has 0 aliphatic carbocycles. The Labute approximate surface area is 136 Å². The number of hydrogen-bond acceptors (Lipinski definition) is 4. The van der Waals surface area contributed by atoms with Gasteiger partial charge in [-0.2, -0.15) is 5.26 Å². The van der Waals surface area contributed by atoms with Crippen LogP contribution in [0.15, 0.2) is 4.79 Å². The van der Waals surface area contributed by atoms with Gasteiger partial charge in [0.15, 0.2) is 0 Å². The SMILES string of the molecule is Cc1[nH]c(=O)c(C#N)c(C)c1CCC(=O)NC[C@@H]1CCCN1C. The normalized spacial score (nSPS) is 17.9. The number of pyridine rings is 1. The van der Waals surface area contributed by atoms with Crippen LogP contribution in [0.5, 0.6) is 0 Å². The molecule has 6 nitrogen and oxygen atoms in total. The minimum Gasteiger partial charge on any atom is -0.355 e. The maximum Gasteiger partial charge on any atom is 0.266 e. The van der Waals surface area contributed by atoms with Crippen LogP contribution in [-0.4, -0.2) is 42.0 Å². The van der Waals surface area contributed by atoms with Crippen molar-refractivity contribution in [2.24, 2.45) is 0 Å². The van der Waals surface area contributed by atoms with Crippen LogP contribution in [0.2, 0.25) is 0 Å². The fourth-order valence-electron chi connectivity index (χ4n) is 3.22. The number of hydrogen-bond donors (Lipinski definition) is 2. The van der Waals surface area contributed by atoms with E-state index in [2.05, 4.69) is 22.2 Å². The Morgan fingerprint density at radius 1 is 1.48 bits per heavy atom. The van der Waals surface area contributed by atoms with Crippen molar-refractivity contribution in [3.05, 3.63) is 32.7 Å². The van der Waals surface area contributed by atoms with Gasteiger partial charge in [0.05, 0.1) is 0 Å². The molecular formula is C17H24N4O2. The zero-order chi connectivity index (χ0) is 17.0. The van der Waals surface area contributed by atoms with Crippen molar-refractivity contribution in [1.82, 2.24) is 15.2 Å². The molecule has 1 amide bonds. The van der Waals surface area contributed by atoms with Crippen LogP contribution in [0.3, 0.4) is 0 Å². The molecule has 0 saturated carbocycles. The summed E-state index contributed by atoms with van der Waals surface area (Å²) in [6.07, 6.45) is 3.19. The van der Waals surface area contributed by atoms with E-state index in [1.807, 2.05) is 6.07 Å². The molecule has 0 radical (unpaired) electrons. The van der Waals surface area contributed by atoms with Gasteiger partial charge in [-0.05, 0) is 57.8 Å². The van der Waals surface area contributed by atoms with E-state index >= 15 is 0 Å². The van der Waals surface area contributed by atoms with Gasteiger partial charge in [-0.25, -0.2) is 0 Å². The zero-order valence-corrected chi connectivity index (χ0v) is 14.0. The average Bonchev–Trinajstić information content (AvgIpc) is 2.90. The maximum atomic E-state index is 12.1. The summed E-state index contributed by atoms with van der Waals surface area (Å²) in [4.78, 5) is 28.7. The van der Waals surface area contributed by atoms with Crippen LogP contribution < -0.4 is 10.9 Å². The lowest BCUT2D eigenvalue weighted by molar-refractivity contribution is -0.121.